The van der Waals surface area contributed by atoms with Crippen molar-refractivity contribution < 1.29 is 10.2 Å². The minimum absolute atomic E-state index is 0.00870. The van der Waals surface area contributed by atoms with Crippen molar-refractivity contribution in [2.75, 3.05) is 19.9 Å². The van der Waals surface area contributed by atoms with Gasteiger partial charge in [-0.1, -0.05) is 0 Å². The highest BCUT2D eigenvalue weighted by Gasteiger charge is 2.37. The number of nitrogens with one attached hydrogen (secondary N) is 1. The molecule has 3 N–H and O–H groups in total. The lowest BCUT2D eigenvalue weighted by atomic mass is 10.1. The van der Waals surface area contributed by atoms with Gasteiger partial charge in [0.2, 0.25) is 0 Å². The molecule has 0 amide bonds. The Morgan fingerprint density at radius 1 is 1.55 bits per heavy atom. The highest BCUT2D eigenvalue weighted by molar-refractivity contribution is 4.93. The molecule has 0 bridgehead atoms. The molecule has 0 aromatic heterocycles. The number of aliphatic hydroxyl groups excluding tert-OH is 2. The molecular formula is C7H16N2O2. The molecule has 1 fully saturated rings. The third-order valence-electron chi connectivity index (χ3n) is 2.25. The van der Waals surface area contributed by atoms with Crippen LogP contribution in [0.15, 0.2) is 0 Å². The van der Waals surface area contributed by atoms with Crippen molar-refractivity contribution in [3.05, 3.63) is 0 Å². The first-order valence-corrected chi connectivity index (χ1v) is 3.83. The van der Waals surface area contributed by atoms with Crippen LogP contribution in [-0.2, 0) is 0 Å². The summed E-state index contributed by atoms with van der Waals surface area (Å²) >= 11 is 0. The van der Waals surface area contributed by atoms with Crippen LogP contribution in [0.3, 0.4) is 0 Å². The van der Waals surface area contributed by atoms with Crippen LogP contribution in [0.2, 0.25) is 0 Å². The number of hydrogen-bond acceptors (Lipinski definition) is 4. The van der Waals surface area contributed by atoms with Crippen LogP contribution in [0.5, 0.6) is 0 Å². The van der Waals surface area contributed by atoms with Crippen molar-refractivity contribution in [2.24, 2.45) is 0 Å². The van der Waals surface area contributed by atoms with Crippen LogP contribution in [0.4, 0.5) is 0 Å². The molecule has 1 atom stereocenters. The normalized spacial score (nSPS) is 31.1. The molecule has 0 saturated carbocycles. The largest absolute Gasteiger partial charge is 0.393 e. The van der Waals surface area contributed by atoms with E-state index in [2.05, 4.69) is 5.32 Å². The summed E-state index contributed by atoms with van der Waals surface area (Å²) in [7, 11) is 0. The molecule has 0 radical (unpaired) electrons. The highest BCUT2D eigenvalue weighted by Crippen LogP contribution is 2.20. The third-order valence-corrected chi connectivity index (χ3v) is 2.25. The SMILES string of the molecule is CC1(C)CNC(CO)N1CO. The summed E-state index contributed by atoms with van der Waals surface area (Å²) in [4.78, 5) is 1.84. The molecule has 1 aliphatic rings. The van der Waals surface area contributed by atoms with E-state index >= 15 is 0 Å². The van der Waals surface area contributed by atoms with Crippen LogP contribution in [0.25, 0.3) is 0 Å². The van der Waals surface area contributed by atoms with Gasteiger partial charge in [-0.15, -0.1) is 0 Å². The first-order chi connectivity index (χ1) is 5.11. The molecule has 1 heterocycles. The minimum atomic E-state index is -0.0880. The van der Waals surface area contributed by atoms with Crippen molar-refractivity contribution >= 4 is 0 Å². The molecule has 11 heavy (non-hydrogen) atoms. The average molecular weight is 160 g/mol. The summed E-state index contributed by atoms with van der Waals surface area (Å²) in [5, 5.41) is 21.0. The molecule has 1 saturated heterocycles. The molecule has 4 heteroatoms. The molecule has 66 valence electrons. The second-order valence-electron chi connectivity index (χ2n) is 3.50. The van der Waals surface area contributed by atoms with Crippen molar-refractivity contribution in [3.8, 4) is 0 Å². The maximum Gasteiger partial charge on any atom is 0.0974 e. The lowest BCUT2D eigenvalue weighted by Gasteiger charge is -2.31. The van der Waals surface area contributed by atoms with Crippen LogP contribution < -0.4 is 5.32 Å². The van der Waals surface area contributed by atoms with E-state index in [9.17, 15) is 0 Å². The van der Waals surface area contributed by atoms with Crippen molar-refractivity contribution in [2.45, 2.75) is 25.6 Å². The van der Waals surface area contributed by atoms with Gasteiger partial charge in [0.25, 0.3) is 0 Å². The minimum Gasteiger partial charge on any atom is -0.393 e. The van der Waals surface area contributed by atoms with Crippen LogP contribution >= 0.6 is 0 Å². The van der Waals surface area contributed by atoms with E-state index in [1.807, 2.05) is 18.7 Å². The maximum absolute atomic E-state index is 8.98. The summed E-state index contributed by atoms with van der Waals surface area (Å²) < 4.78 is 0. The van der Waals surface area contributed by atoms with E-state index in [0.717, 1.165) is 6.54 Å². The van der Waals surface area contributed by atoms with E-state index in [1.54, 1.807) is 0 Å². The maximum atomic E-state index is 8.98. The summed E-state index contributed by atoms with van der Waals surface area (Å²) in [6.45, 7) is 4.91. The Morgan fingerprint density at radius 3 is 2.55 bits per heavy atom. The highest BCUT2D eigenvalue weighted by atomic mass is 16.3. The van der Waals surface area contributed by atoms with Crippen LogP contribution in [-0.4, -0.2) is 46.7 Å². The molecule has 4 nitrogen and oxygen atoms in total. The fourth-order valence-corrected chi connectivity index (χ4v) is 1.45. The zero-order valence-electron chi connectivity index (χ0n) is 7.04. The van der Waals surface area contributed by atoms with Crippen LogP contribution in [0.1, 0.15) is 13.8 Å². The standard InChI is InChI=1S/C7H16N2O2/c1-7(2)4-8-6(3-10)9(7)5-11/h6,8,10-11H,3-5H2,1-2H3. The van der Waals surface area contributed by atoms with Gasteiger partial charge in [-0.05, 0) is 13.8 Å². The van der Waals surface area contributed by atoms with Gasteiger partial charge in [0.05, 0.1) is 19.5 Å². The van der Waals surface area contributed by atoms with E-state index in [0.29, 0.717) is 0 Å². The molecular weight excluding hydrogens is 144 g/mol. The van der Waals surface area contributed by atoms with Gasteiger partial charge in [-0.25, -0.2) is 0 Å². The molecule has 1 aliphatic heterocycles. The molecule has 0 aromatic rings. The van der Waals surface area contributed by atoms with E-state index < -0.39 is 0 Å². The predicted octanol–water partition coefficient (Wildman–Crippen LogP) is -1.06. The molecule has 0 aromatic carbocycles. The fourth-order valence-electron chi connectivity index (χ4n) is 1.45. The summed E-state index contributed by atoms with van der Waals surface area (Å²) in [6.07, 6.45) is -0.0880. The second-order valence-corrected chi connectivity index (χ2v) is 3.50. The summed E-state index contributed by atoms with van der Waals surface area (Å²) in [5.74, 6) is 0. The van der Waals surface area contributed by atoms with Gasteiger partial charge in [-0.2, -0.15) is 0 Å². The first kappa shape index (κ1) is 8.93. The Labute approximate surface area is 66.8 Å². The average Bonchev–Trinajstić information content (AvgIpc) is 2.24. The fraction of sp³-hybridized carbons (Fsp3) is 1.00. The number of hydrogen-bond donors (Lipinski definition) is 3. The monoisotopic (exact) mass is 160 g/mol. The molecule has 1 rings (SSSR count). The zero-order valence-corrected chi connectivity index (χ0v) is 7.04. The van der Waals surface area contributed by atoms with E-state index in [-0.39, 0.29) is 25.0 Å². The van der Waals surface area contributed by atoms with Gasteiger partial charge in [0, 0.05) is 12.1 Å². The smallest absolute Gasteiger partial charge is 0.0974 e. The Balaban J connectivity index is 2.63. The van der Waals surface area contributed by atoms with E-state index in [4.69, 9.17) is 10.2 Å². The first-order valence-electron chi connectivity index (χ1n) is 3.83. The third kappa shape index (κ3) is 1.54. The Bertz CT molecular complexity index is 138. The Kier molecular flexibility index (Phi) is 2.49. The predicted molar refractivity (Wildman–Crippen MR) is 41.9 cm³/mol. The summed E-state index contributed by atoms with van der Waals surface area (Å²) in [6, 6.07) is 0. The second kappa shape index (κ2) is 3.06. The quantitative estimate of drug-likeness (QED) is 0.482. The van der Waals surface area contributed by atoms with Gasteiger partial charge in [0.15, 0.2) is 0 Å². The van der Waals surface area contributed by atoms with Gasteiger partial charge >= 0.3 is 0 Å². The number of rotatable bonds is 2. The molecule has 0 aliphatic carbocycles. The van der Waals surface area contributed by atoms with Gasteiger partial charge < -0.3 is 10.2 Å². The van der Waals surface area contributed by atoms with Gasteiger partial charge in [0.1, 0.15) is 0 Å². The lowest BCUT2D eigenvalue weighted by molar-refractivity contribution is 0.00768. The van der Waals surface area contributed by atoms with Gasteiger partial charge in [-0.3, -0.25) is 10.2 Å². The van der Waals surface area contributed by atoms with Crippen LogP contribution in [0, 0.1) is 0 Å². The van der Waals surface area contributed by atoms with Crippen molar-refractivity contribution in [1.82, 2.24) is 10.2 Å². The Morgan fingerprint density at radius 2 is 2.18 bits per heavy atom. The van der Waals surface area contributed by atoms with Crippen molar-refractivity contribution in [1.29, 1.82) is 0 Å². The molecule has 1 unspecified atom stereocenters. The lowest BCUT2D eigenvalue weighted by Crippen LogP contribution is -2.46. The zero-order chi connectivity index (χ0) is 8.48. The van der Waals surface area contributed by atoms with Crippen molar-refractivity contribution in [3.63, 3.8) is 0 Å². The molecule has 0 spiro atoms. The topological polar surface area (TPSA) is 55.7 Å². The summed E-state index contributed by atoms with van der Waals surface area (Å²) in [5.41, 5.74) is -0.0534. The Hall–Kier alpha value is -0.160. The number of nitrogens with zero attached hydrogens (tertiary/aromatic N) is 1. The number of aliphatic hydroxyl groups is 2. The van der Waals surface area contributed by atoms with E-state index in [1.165, 1.54) is 0 Å².